The van der Waals surface area contributed by atoms with E-state index in [1.54, 1.807) is 17.8 Å². The molecule has 0 heterocycles. The smallest absolute Gasteiger partial charge is 0.418 e. The van der Waals surface area contributed by atoms with Crippen LogP contribution >= 0.6 is 11.8 Å². The minimum absolute atomic E-state index is 0.604. The molecule has 0 bridgehead atoms. The highest BCUT2D eigenvalue weighted by molar-refractivity contribution is 7.98. The van der Waals surface area contributed by atoms with Gasteiger partial charge in [0.05, 0.1) is 0 Å². The minimum atomic E-state index is -6.00. The molecule has 0 unspecified atom stereocenters. The summed E-state index contributed by atoms with van der Waals surface area (Å²) < 4.78 is 39.0. The van der Waals surface area contributed by atoms with Crippen molar-refractivity contribution in [2.45, 2.75) is 4.90 Å². The number of nitrogens with zero attached hydrogens (tertiary/aromatic N) is 2. The number of hydrogen-bond donors (Lipinski definition) is 0. The van der Waals surface area contributed by atoms with E-state index >= 15 is 0 Å². The van der Waals surface area contributed by atoms with E-state index in [1.165, 1.54) is 0 Å². The normalized spacial score (nSPS) is 9.87. The van der Waals surface area contributed by atoms with E-state index in [0.29, 0.717) is 5.69 Å². The summed E-state index contributed by atoms with van der Waals surface area (Å²) in [7, 11) is -6.00. The minimum Gasteiger partial charge on any atom is -0.418 e. The summed E-state index contributed by atoms with van der Waals surface area (Å²) in [5, 5.41) is 8.37. The van der Waals surface area contributed by atoms with Crippen molar-refractivity contribution in [3.8, 4) is 0 Å². The van der Waals surface area contributed by atoms with Crippen molar-refractivity contribution in [1.29, 1.82) is 5.39 Å². The number of benzene rings is 1. The van der Waals surface area contributed by atoms with Gasteiger partial charge >= 0.3 is 12.9 Å². The van der Waals surface area contributed by atoms with Crippen LogP contribution in [0.25, 0.3) is 4.98 Å². The van der Waals surface area contributed by atoms with Crippen molar-refractivity contribution in [2.75, 3.05) is 6.26 Å². The Morgan fingerprint density at radius 1 is 1.27 bits per heavy atom. The van der Waals surface area contributed by atoms with Gasteiger partial charge in [0.2, 0.25) is 5.39 Å². The zero-order valence-corrected chi connectivity index (χ0v) is 8.52. The molecule has 0 amide bonds. The van der Waals surface area contributed by atoms with Gasteiger partial charge in [0, 0.05) is 17.0 Å². The van der Waals surface area contributed by atoms with Crippen LogP contribution in [0.4, 0.5) is 23.0 Å². The largest absolute Gasteiger partial charge is 0.673 e. The Morgan fingerprint density at radius 2 is 1.80 bits per heavy atom. The number of thioether (sulfide) groups is 1. The molecule has 0 atom stereocenters. The van der Waals surface area contributed by atoms with Crippen molar-refractivity contribution in [3.05, 3.63) is 29.2 Å². The first-order chi connectivity index (χ1) is 6.86. The van der Waals surface area contributed by atoms with E-state index in [1.807, 2.05) is 24.5 Å². The highest BCUT2D eigenvalue weighted by atomic mass is 32.2. The molecule has 0 aromatic heterocycles. The maximum atomic E-state index is 9.75. The van der Waals surface area contributed by atoms with Crippen LogP contribution in [0.5, 0.6) is 0 Å². The van der Waals surface area contributed by atoms with Crippen molar-refractivity contribution in [3.63, 3.8) is 0 Å². The van der Waals surface area contributed by atoms with Gasteiger partial charge in [-0.15, -0.1) is 11.8 Å². The SMILES string of the molecule is CSc1cccc([N+]#N)c1.F[B-](F)(F)F. The first-order valence-electron chi connectivity index (χ1n) is 3.73. The van der Waals surface area contributed by atoms with Crippen LogP contribution in [-0.2, 0) is 0 Å². The lowest BCUT2D eigenvalue weighted by Crippen LogP contribution is -2.02. The molecule has 0 aliphatic rings. The Labute approximate surface area is 88.4 Å². The first kappa shape index (κ1) is 13.8. The fourth-order valence-electron chi connectivity index (χ4n) is 0.673. The standard InChI is InChI=1S/C7H7N2S.BF4/c1-10-7-4-2-3-6(5-7)9-8;2-1(3,4)5/h2-5H,1H3;/q+1;-1. The van der Waals surface area contributed by atoms with Crippen LogP contribution in [0.15, 0.2) is 29.2 Å². The van der Waals surface area contributed by atoms with Gasteiger partial charge < -0.3 is 17.3 Å². The molecule has 0 saturated carbocycles. The predicted molar refractivity (Wildman–Crippen MR) is 53.2 cm³/mol. The van der Waals surface area contributed by atoms with Gasteiger partial charge in [-0.25, -0.2) is 0 Å². The Bertz CT molecular complexity index is 344. The zero-order chi connectivity index (χ0) is 11.9. The highest BCUT2D eigenvalue weighted by Gasteiger charge is 2.20. The number of rotatable bonds is 1. The summed E-state index contributed by atoms with van der Waals surface area (Å²) >= 11 is 1.63. The van der Waals surface area contributed by atoms with Gasteiger partial charge in [0.25, 0.3) is 0 Å². The maximum absolute atomic E-state index is 9.75. The van der Waals surface area contributed by atoms with Crippen LogP contribution < -0.4 is 0 Å². The van der Waals surface area contributed by atoms with E-state index in [4.69, 9.17) is 5.39 Å². The Morgan fingerprint density at radius 3 is 2.20 bits per heavy atom. The number of halogens is 4. The summed E-state index contributed by atoms with van der Waals surface area (Å²) in [5.74, 6) is 0. The molecule has 0 spiro atoms. The molecule has 1 aromatic rings. The summed E-state index contributed by atoms with van der Waals surface area (Å²) in [6.45, 7) is 0. The number of hydrogen-bond acceptors (Lipinski definition) is 2. The van der Waals surface area contributed by atoms with Crippen LogP contribution in [-0.4, -0.2) is 13.5 Å². The van der Waals surface area contributed by atoms with Gasteiger partial charge in [-0.05, 0) is 12.3 Å². The average Bonchev–Trinajstić information content (AvgIpc) is 2.15. The fraction of sp³-hybridized carbons (Fsp3) is 0.143. The summed E-state index contributed by atoms with van der Waals surface area (Å²) in [5.41, 5.74) is 0.604. The second-order valence-electron chi connectivity index (χ2n) is 2.30. The topological polar surface area (TPSA) is 28.1 Å². The Balaban J connectivity index is 0.000000336. The van der Waals surface area contributed by atoms with Crippen LogP contribution in [0.2, 0.25) is 0 Å². The monoisotopic (exact) mass is 238 g/mol. The molecule has 2 nitrogen and oxygen atoms in total. The van der Waals surface area contributed by atoms with Crippen LogP contribution in [0.3, 0.4) is 0 Å². The molecule has 0 fully saturated rings. The van der Waals surface area contributed by atoms with Crippen molar-refractivity contribution in [2.24, 2.45) is 0 Å². The lowest BCUT2D eigenvalue weighted by Gasteiger charge is -1.94. The lowest BCUT2D eigenvalue weighted by atomic mass is 10.3. The molecule has 15 heavy (non-hydrogen) atoms. The summed E-state index contributed by atoms with van der Waals surface area (Å²) in [4.78, 5) is 4.17. The van der Waals surface area contributed by atoms with Gasteiger partial charge in [0.15, 0.2) is 4.98 Å². The molecule has 0 aliphatic carbocycles. The molecular formula is C7H7BF4N2S. The Hall–Kier alpha value is -1.23. The third kappa shape index (κ3) is 9.09. The molecule has 1 rings (SSSR count). The van der Waals surface area contributed by atoms with Crippen molar-refractivity contribution < 1.29 is 17.3 Å². The first-order valence-corrected chi connectivity index (χ1v) is 4.95. The van der Waals surface area contributed by atoms with Crippen molar-refractivity contribution >= 4 is 24.7 Å². The molecule has 82 valence electrons. The molecular weight excluding hydrogens is 231 g/mol. The van der Waals surface area contributed by atoms with E-state index in [0.717, 1.165) is 4.90 Å². The quantitative estimate of drug-likeness (QED) is 0.317. The van der Waals surface area contributed by atoms with E-state index in [-0.39, 0.29) is 0 Å². The van der Waals surface area contributed by atoms with E-state index in [2.05, 4.69) is 4.98 Å². The maximum Gasteiger partial charge on any atom is 0.673 e. The van der Waals surface area contributed by atoms with E-state index in [9.17, 15) is 17.3 Å². The average molecular weight is 238 g/mol. The Kier molecular flexibility index (Phi) is 5.78. The van der Waals surface area contributed by atoms with Gasteiger partial charge in [-0.1, -0.05) is 6.07 Å². The van der Waals surface area contributed by atoms with Crippen LogP contribution in [0.1, 0.15) is 0 Å². The van der Waals surface area contributed by atoms with Gasteiger partial charge in [-0.2, -0.15) is 0 Å². The number of diazo groups is 1. The molecule has 1 aromatic carbocycles. The van der Waals surface area contributed by atoms with Crippen molar-refractivity contribution in [1.82, 2.24) is 0 Å². The molecule has 0 saturated heterocycles. The van der Waals surface area contributed by atoms with Gasteiger partial charge in [0.1, 0.15) is 0 Å². The molecule has 0 aliphatic heterocycles. The van der Waals surface area contributed by atoms with E-state index < -0.39 is 7.25 Å². The summed E-state index contributed by atoms with van der Waals surface area (Å²) in [6.07, 6.45) is 1.98. The van der Waals surface area contributed by atoms with Crippen LogP contribution in [0, 0.1) is 5.39 Å². The second-order valence-corrected chi connectivity index (χ2v) is 3.18. The summed E-state index contributed by atoms with van der Waals surface area (Å²) in [6, 6.07) is 7.41. The zero-order valence-electron chi connectivity index (χ0n) is 7.70. The third-order valence-electron chi connectivity index (χ3n) is 1.17. The fourth-order valence-corrected chi connectivity index (χ4v) is 1.13. The highest BCUT2D eigenvalue weighted by Crippen LogP contribution is 2.20. The molecule has 8 heteroatoms. The molecule has 0 N–H and O–H groups in total. The second kappa shape index (κ2) is 6.29. The molecule has 0 radical (unpaired) electrons. The van der Waals surface area contributed by atoms with Gasteiger partial charge in [-0.3, -0.25) is 0 Å². The lowest BCUT2D eigenvalue weighted by molar-refractivity contribution is 0.368. The third-order valence-corrected chi connectivity index (χ3v) is 1.89. The predicted octanol–water partition coefficient (Wildman–Crippen LogP) is 4.19.